The lowest BCUT2D eigenvalue weighted by atomic mass is 10.1. The molecule has 6 nitrogen and oxygen atoms in total. The number of rotatable bonds is 3. The predicted octanol–water partition coefficient (Wildman–Crippen LogP) is 1.17. The lowest BCUT2D eigenvalue weighted by Gasteiger charge is -2.26. The monoisotopic (exact) mass is 237 g/mol. The fourth-order valence-corrected chi connectivity index (χ4v) is 1.91. The molecule has 0 unspecified atom stereocenters. The summed E-state index contributed by atoms with van der Waals surface area (Å²) in [5, 5.41) is 8.92. The molecule has 1 saturated heterocycles. The topological polar surface area (TPSA) is 75.5 Å². The second-order valence-electron chi connectivity index (χ2n) is 3.95. The summed E-state index contributed by atoms with van der Waals surface area (Å²) in [6.07, 6.45) is 4.76. The van der Waals surface area contributed by atoms with Crippen LogP contribution in [0.2, 0.25) is 0 Å². The SMILES string of the molecule is COc1nc(N2CCCCC2)ncc1C(=O)O. The zero-order valence-corrected chi connectivity index (χ0v) is 9.72. The number of carbonyl (C=O) groups is 1. The van der Waals surface area contributed by atoms with E-state index in [1.807, 2.05) is 0 Å². The van der Waals surface area contributed by atoms with Gasteiger partial charge < -0.3 is 14.7 Å². The van der Waals surface area contributed by atoms with Gasteiger partial charge in [-0.25, -0.2) is 9.78 Å². The first-order chi connectivity index (χ1) is 8.22. The van der Waals surface area contributed by atoms with E-state index >= 15 is 0 Å². The highest BCUT2D eigenvalue weighted by molar-refractivity contribution is 5.89. The third kappa shape index (κ3) is 2.46. The number of nitrogens with zero attached hydrogens (tertiary/aromatic N) is 3. The molecule has 0 amide bonds. The lowest BCUT2D eigenvalue weighted by molar-refractivity contribution is 0.0692. The Morgan fingerprint density at radius 2 is 2.12 bits per heavy atom. The van der Waals surface area contributed by atoms with Crippen LogP contribution in [0.3, 0.4) is 0 Å². The molecule has 1 aromatic rings. The lowest BCUT2D eigenvalue weighted by Crippen LogP contribution is -2.31. The molecule has 17 heavy (non-hydrogen) atoms. The minimum Gasteiger partial charge on any atom is -0.480 e. The Kier molecular flexibility index (Phi) is 3.41. The van der Waals surface area contributed by atoms with E-state index in [1.165, 1.54) is 19.7 Å². The average molecular weight is 237 g/mol. The van der Waals surface area contributed by atoms with Gasteiger partial charge in [-0.2, -0.15) is 4.98 Å². The quantitative estimate of drug-likeness (QED) is 0.850. The van der Waals surface area contributed by atoms with Gasteiger partial charge in [0.15, 0.2) is 0 Å². The Morgan fingerprint density at radius 3 is 2.71 bits per heavy atom. The van der Waals surface area contributed by atoms with Crippen LogP contribution in [0.4, 0.5) is 5.95 Å². The normalized spacial score (nSPS) is 15.7. The number of hydrogen-bond acceptors (Lipinski definition) is 5. The van der Waals surface area contributed by atoms with E-state index in [0.29, 0.717) is 5.95 Å². The van der Waals surface area contributed by atoms with E-state index in [2.05, 4.69) is 14.9 Å². The third-order valence-corrected chi connectivity index (χ3v) is 2.80. The molecular weight excluding hydrogens is 222 g/mol. The summed E-state index contributed by atoms with van der Waals surface area (Å²) < 4.78 is 4.98. The van der Waals surface area contributed by atoms with E-state index in [4.69, 9.17) is 9.84 Å². The first-order valence-electron chi connectivity index (χ1n) is 5.61. The van der Waals surface area contributed by atoms with Crippen LogP contribution in [0.1, 0.15) is 29.6 Å². The van der Waals surface area contributed by atoms with Crippen molar-refractivity contribution in [1.29, 1.82) is 0 Å². The summed E-state index contributed by atoms with van der Waals surface area (Å²) in [4.78, 5) is 21.2. The summed E-state index contributed by atoms with van der Waals surface area (Å²) in [5.41, 5.74) is -0.00624. The highest BCUT2D eigenvalue weighted by Gasteiger charge is 2.18. The number of methoxy groups -OCH3 is 1. The summed E-state index contributed by atoms with van der Waals surface area (Å²) in [5.74, 6) is -0.410. The van der Waals surface area contributed by atoms with E-state index in [-0.39, 0.29) is 11.4 Å². The first kappa shape index (κ1) is 11.6. The van der Waals surface area contributed by atoms with E-state index in [9.17, 15) is 4.79 Å². The van der Waals surface area contributed by atoms with Gasteiger partial charge in [-0.05, 0) is 19.3 Å². The second-order valence-corrected chi connectivity index (χ2v) is 3.95. The molecule has 0 bridgehead atoms. The van der Waals surface area contributed by atoms with E-state index < -0.39 is 5.97 Å². The molecule has 0 aliphatic carbocycles. The maximum Gasteiger partial charge on any atom is 0.342 e. The Bertz CT molecular complexity index is 416. The van der Waals surface area contributed by atoms with Crippen molar-refractivity contribution < 1.29 is 14.6 Å². The maximum atomic E-state index is 10.9. The average Bonchev–Trinajstić information content (AvgIpc) is 2.39. The van der Waals surface area contributed by atoms with Gasteiger partial charge in [0.2, 0.25) is 11.8 Å². The van der Waals surface area contributed by atoms with Crippen molar-refractivity contribution in [1.82, 2.24) is 9.97 Å². The molecule has 0 spiro atoms. The van der Waals surface area contributed by atoms with Crippen molar-refractivity contribution in [3.8, 4) is 5.88 Å². The molecule has 1 N–H and O–H groups in total. The van der Waals surface area contributed by atoms with Crippen molar-refractivity contribution >= 4 is 11.9 Å². The van der Waals surface area contributed by atoms with Crippen LogP contribution in [0.15, 0.2) is 6.20 Å². The van der Waals surface area contributed by atoms with Crippen molar-refractivity contribution in [2.75, 3.05) is 25.1 Å². The molecule has 1 fully saturated rings. The van der Waals surface area contributed by atoms with Crippen molar-refractivity contribution in [2.45, 2.75) is 19.3 Å². The van der Waals surface area contributed by atoms with Crippen LogP contribution in [-0.4, -0.2) is 41.2 Å². The minimum atomic E-state index is -1.08. The first-order valence-corrected chi connectivity index (χ1v) is 5.61. The number of anilines is 1. The van der Waals surface area contributed by atoms with Crippen molar-refractivity contribution in [2.24, 2.45) is 0 Å². The number of carboxylic acids is 1. The van der Waals surface area contributed by atoms with Crippen molar-refractivity contribution in [3.05, 3.63) is 11.8 Å². The van der Waals surface area contributed by atoms with Gasteiger partial charge in [-0.3, -0.25) is 0 Å². The molecule has 92 valence electrons. The largest absolute Gasteiger partial charge is 0.480 e. The molecule has 1 aliphatic heterocycles. The van der Waals surface area contributed by atoms with Crippen molar-refractivity contribution in [3.63, 3.8) is 0 Å². The second kappa shape index (κ2) is 4.99. The van der Waals surface area contributed by atoms with Gasteiger partial charge in [0.25, 0.3) is 0 Å². The fraction of sp³-hybridized carbons (Fsp3) is 0.545. The Balaban J connectivity index is 2.27. The summed E-state index contributed by atoms with van der Waals surface area (Å²) >= 11 is 0. The van der Waals surface area contributed by atoms with Crippen LogP contribution in [0.25, 0.3) is 0 Å². The molecule has 0 aromatic carbocycles. The molecule has 0 atom stereocenters. The highest BCUT2D eigenvalue weighted by Crippen LogP contribution is 2.20. The van der Waals surface area contributed by atoms with E-state index in [1.54, 1.807) is 0 Å². The molecule has 0 saturated carbocycles. The zero-order valence-electron chi connectivity index (χ0n) is 9.72. The molecule has 2 rings (SSSR count). The molecule has 1 aliphatic rings. The van der Waals surface area contributed by atoms with Crippen LogP contribution in [0.5, 0.6) is 5.88 Å². The summed E-state index contributed by atoms with van der Waals surface area (Å²) in [6.45, 7) is 1.82. The number of carboxylic acid groups (broad SMARTS) is 1. The molecular formula is C11H15N3O3. The minimum absolute atomic E-state index is 0.00624. The van der Waals surface area contributed by atoms with E-state index in [0.717, 1.165) is 25.9 Å². The van der Waals surface area contributed by atoms with Crippen LogP contribution >= 0.6 is 0 Å². The Hall–Kier alpha value is -1.85. The van der Waals surface area contributed by atoms with Gasteiger partial charge in [0.1, 0.15) is 5.56 Å². The highest BCUT2D eigenvalue weighted by atomic mass is 16.5. The van der Waals surface area contributed by atoms with Gasteiger partial charge in [0, 0.05) is 13.1 Å². The number of aromatic nitrogens is 2. The summed E-state index contributed by atoms with van der Waals surface area (Å²) in [6, 6.07) is 0. The predicted molar refractivity (Wildman–Crippen MR) is 61.6 cm³/mol. The number of aromatic carboxylic acids is 1. The standard InChI is InChI=1S/C11H15N3O3/c1-17-9-8(10(15)16)7-12-11(13-9)14-5-3-2-4-6-14/h7H,2-6H2,1H3,(H,15,16). The molecule has 0 radical (unpaired) electrons. The third-order valence-electron chi connectivity index (χ3n) is 2.80. The number of ether oxygens (including phenoxy) is 1. The Labute approximate surface area is 99.2 Å². The maximum absolute atomic E-state index is 10.9. The fourth-order valence-electron chi connectivity index (χ4n) is 1.91. The number of piperidine rings is 1. The molecule has 2 heterocycles. The summed E-state index contributed by atoms with van der Waals surface area (Å²) in [7, 11) is 1.41. The van der Waals surface area contributed by atoms with Gasteiger partial charge in [0.05, 0.1) is 13.3 Å². The van der Waals surface area contributed by atoms with Gasteiger partial charge in [-0.1, -0.05) is 0 Å². The Morgan fingerprint density at radius 1 is 1.41 bits per heavy atom. The van der Waals surface area contributed by atoms with Crippen LogP contribution in [0, 0.1) is 0 Å². The zero-order chi connectivity index (χ0) is 12.3. The van der Waals surface area contributed by atoms with Crippen LogP contribution in [-0.2, 0) is 0 Å². The molecule has 6 heteroatoms. The van der Waals surface area contributed by atoms with Crippen LogP contribution < -0.4 is 9.64 Å². The number of hydrogen-bond donors (Lipinski definition) is 1. The smallest absolute Gasteiger partial charge is 0.342 e. The van der Waals surface area contributed by atoms with Gasteiger partial charge >= 0.3 is 5.97 Å². The van der Waals surface area contributed by atoms with Gasteiger partial charge in [-0.15, -0.1) is 0 Å². The molecule has 1 aromatic heterocycles.